The predicted molar refractivity (Wildman–Crippen MR) is 74.3 cm³/mol. The monoisotopic (exact) mass is 283 g/mol. The number of ether oxygens (including phenoxy) is 1. The molecule has 2 aliphatic rings. The zero-order chi connectivity index (χ0) is 14.5. The number of carbonyl (C=O) groups is 2. The number of carboxylic acids is 1. The number of carboxylic acid groups (broad SMARTS) is 1. The van der Waals surface area contributed by atoms with Gasteiger partial charge in [-0.3, -0.25) is 9.59 Å². The van der Waals surface area contributed by atoms with Crippen molar-refractivity contribution in [1.82, 2.24) is 4.90 Å². The highest BCUT2D eigenvalue weighted by Crippen LogP contribution is 2.30. The first-order valence-electron chi connectivity index (χ1n) is 7.75. The Balaban J connectivity index is 1.91. The molecule has 1 N–H and O–H groups in total. The summed E-state index contributed by atoms with van der Waals surface area (Å²) in [4.78, 5) is 25.5. The summed E-state index contributed by atoms with van der Waals surface area (Å²) in [6, 6.07) is 0. The van der Waals surface area contributed by atoms with Gasteiger partial charge in [0.05, 0.1) is 12.0 Å². The van der Waals surface area contributed by atoms with Gasteiger partial charge in [-0.15, -0.1) is 0 Å². The van der Waals surface area contributed by atoms with E-state index in [9.17, 15) is 9.59 Å². The third kappa shape index (κ3) is 3.72. The molecule has 2 fully saturated rings. The first-order valence-corrected chi connectivity index (χ1v) is 7.75. The molecule has 0 aromatic rings. The van der Waals surface area contributed by atoms with Gasteiger partial charge >= 0.3 is 5.97 Å². The molecule has 3 atom stereocenters. The lowest BCUT2D eigenvalue weighted by atomic mass is 9.80. The predicted octanol–water partition coefficient (Wildman–Crippen LogP) is 1.90. The van der Waals surface area contributed by atoms with Crippen LogP contribution in [0.1, 0.15) is 45.4 Å². The van der Waals surface area contributed by atoms with Crippen LogP contribution in [0, 0.1) is 11.8 Å². The van der Waals surface area contributed by atoms with Gasteiger partial charge in [-0.2, -0.15) is 0 Å². The van der Waals surface area contributed by atoms with Crippen LogP contribution in [0.3, 0.4) is 0 Å². The molecule has 0 unspecified atom stereocenters. The van der Waals surface area contributed by atoms with Crippen LogP contribution in [0.5, 0.6) is 0 Å². The van der Waals surface area contributed by atoms with E-state index < -0.39 is 5.97 Å². The Morgan fingerprint density at radius 3 is 2.55 bits per heavy atom. The first-order chi connectivity index (χ1) is 9.61. The molecule has 1 aliphatic carbocycles. The molecule has 1 heterocycles. The SMILES string of the molecule is CCN(C[C@@H]1CCCO1)C(=O)[C@H]1CCC[C@H](C(=O)O)C1. The fourth-order valence-electron chi connectivity index (χ4n) is 3.31. The number of rotatable bonds is 5. The summed E-state index contributed by atoms with van der Waals surface area (Å²) in [6.45, 7) is 4.10. The molecule has 1 amide bonds. The van der Waals surface area contributed by atoms with Crippen molar-refractivity contribution in [1.29, 1.82) is 0 Å². The van der Waals surface area contributed by atoms with Crippen molar-refractivity contribution in [2.45, 2.75) is 51.6 Å². The zero-order valence-corrected chi connectivity index (χ0v) is 12.2. The van der Waals surface area contributed by atoms with Gasteiger partial charge in [0.25, 0.3) is 0 Å². The van der Waals surface area contributed by atoms with Crippen molar-refractivity contribution < 1.29 is 19.4 Å². The van der Waals surface area contributed by atoms with E-state index in [0.29, 0.717) is 25.9 Å². The minimum atomic E-state index is -0.760. The summed E-state index contributed by atoms with van der Waals surface area (Å²) in [6.07, 6.45) is 5.12. The van der Waals surface area contributed by atoms with E-state index in [-0.39, 0.29) is 23.8 Å². The van der Waals surface area contributed by atoms with E-state index in [4.69, 9.17) is 9.84 Å². The molecule has 0 spiro atoms. The number of likely N-dealkylation sites (N-methyl/N-ethyl adjacent to an activating group) is 1. The topological polar surface area (TPSA) is 66.8 Å². The smallest absolute Gasteiger partial charge is 0.306 e. The van der Waals surface area contributed by atoms with Gasteiger partial charge in [-0.05, 0) is 39.0 Å². The molecule has 0 aromatic carbocycles. The Hall–Kier alpha value is -1.10. The van der Waals surface area contributed by atoms with Crippen LogP contribution < -0.4 is 0 Å². The van der Waals surface area contributed by atoms with Gasteiger partial charge in [0, 0.05) is 25.6 Å². The molecular formula is C15H25NO4. The largest absolute Gasteiger partial charge is 0.481 e. The Kier molecular flexibility index (Phi) is 5.40. The van der Waals surface area contributed by atoms with Crippen LogP contribution >= 0.6 is 0 Å². The normalized spacial score (nSPS) is 30.1. The fraction of sp³-hybridized carbons (Fsp3) is 0.867. The zero-order valence-electron chi connectivity index (χ0n) is 12.2. The minimum Gasteiger partial charge on any atom is -0.481 e. The fourth-order valence-corrected chi connectivity index (χ4v) is 3.31. The van der Waals surface area contributed by atoms with Gasteiger partial charge < -0.3 is 14.7 Å². The summed E-state index contributed by atoms with van der Waals surface area (Å²) in [5.41, 5.74) is 0. The maximum atomic E-state index is 12.6. The van der Waals surface area contributed by atoms with E-state index in [0.717, 1.165) is 32.3 Å². The van der Waals surface area contributed by atoms with Crippen LogP contribution in [0.15, 0.2) is 0 Å². The number of aliphatic carboxylic acids is 1. The molecular weight excluding hydrogens is 258 g/mol. The number of nitrogens with zero attached hydrogens (tertiary/aromatic N) is 1. The Morgan fingerprint density at radius 2 is 1.95 bits per heavy atom. The van der Waals surface area contributed by atoms with Gasteiger partial charge in [0.15, 0.2) is 0 Å². The number of amides is 1. The molecule has 5 heteroatoms. The van der Waals surface area contributed by atoms with E-state index >= 15 is 0 Å². The van der Waals surface area contributed by atoms with Crippen LogP contribution in [-0.2, 0) is 14.3 Å². The molecule has 1 saturated carbocycles. The second-order valence-electron chi connectivity index (χ2n) is 5.91. The molecule has 0 bridgehead atoms. The quantitative estimate of drug-likeness (QED) is 0.837. The highest BCUT2D eigenvalue weighted by atomic mass is 16.5. The number of hydrogen-bond donors (Lipinski definition) is 1. The highest BCUT2D eigenvalue weighted by molar-refractivity contribution is 5.80. The van der Waals surface area contributed by atoms with Crippen LogP contribution in [-0.4, -0.2) is 47.7 Å². The highest BCUT2D eigenvalue weighted by Gasteiger charge is 2.33. The molecule has 0 radical (unpaired) electrons. The Morgan fingerprint density at radius 1 is 1.20 bits per heavy atom. The van der Waals surface area contributed by atoms with Gasteiger partial charge in [0.1, 0.15) is 0 Å². The third-order valence-electron chi connectivity index (χ3n) is 4.51. The van der Waals surface area contributed by atoms with Gasteiger partial charge in [-0.25, -0.2) is 0 Å². The van der Waals surface area contributed by atoms with E-state index in [1.165, 1.54) is 0 Å². The lowest BCUT2D eigenvalue weighted by Crippen LogP contribution is -2.42. The van der Waals surface area contributed by atoms with Crippen molar-refractivity contribution >= 4 is 11.9 Å². The van der Waals surface area contributed by atoms with Crippen LogP contribution in [0.25, 0.3) is 0 Å². The molecule has 0 aromatic heterocycles. The minimum absolute atomic E-state index is 0.119. The van der Waals surface area contributed by atoms with Crippen molar-refractivity contribution in [3.63, 3.8) is 0 Å². The van der Waals surface area contributed by atoms with Gasteiger partial charge in [0.2, 0.25) is 5.91 Å². The second kappa shape index (κ2) is 7.07. The Bertz CT molecular complexity index is 352. The van der Waals surface area contributed by atoms with Crippen molar-refractivity contribution in [2.75, 3.05) is 19.7 Å². The first kappa shape index (κ1) is 15.3. The summed E-state index contributed by atoms with van der Waals surface area (Å²) in [7, 11) is 0. The average molecular weight is 283 g/mol. The van der Waals surface area contributed by atoms with Crippen molar-refractivity contribution in [2.24, 2.45) is 11.8 Å². The van der Waals surface area contributed by atoms with Crippen molar-refractivity contribution in [3.05, 3.63) is 0 Å². The third-order valence-corrected chi connectivity index (χ3v) is 4.51. The number of hydrogen-bond acceptors (Lipinski definition) is 3. The molecule has 114 valence electrons. The maximum Gasteiger partial charge on any atom is 0.306 e. The standard InChI is InChI=1S/C15H25NO4/c1-2-16(10-13-7-4-8-20-13)14(17)11-5-3-6-12(9-11)15(18)19/h11-13H,2-10H2,1H3,(H,18,19)/t11-,12-,13-/m0/s1. The van der Waals surface area contributed by atoms with Gasteiger partial charge in [-0.1, -0.05) is 6.42 Å². The summed E-state index contributed by atoms with van der Waals surface area (Å²) < 4.78 is 5.59. The molecule has 2 rings (SSSR count). The lowest BCUT2D eigenvalue weighted by Gasteiger charge is -2.32. The molecule has 20 heavy (non-hydrogen) atoms. The summed E-state index contributed by atoms with van der Waals surface area (Å²) >= 11 is 0. The summed E-state index contributed by atoms with van der Waals surface area (Å²) in [5.74, 6) is -1.11. The van der Waals surface area contributed by atoms with Crippen LogP contribution in [0.4, 0.5) is 0 Å². The maximum absolute atomic E-state index is 12.6. The van der Waals surface area contributed by atoms with Crippen LogP contribution in [0.2, 0.25) is 0 Å². The van der Waals surface area contributed by atoms with E-state index in [1.807, 2.05) is 11.8 Å². The lowest BCUT2D eigenvalue weighted by molar-refractivity contribution is -0.145. The summed E-state index contributed by atoms with van der Waals surface area (Å²) in [5, 5.41) is 9.12. The van der Waals surface area contributed by atoms with E-state index in [2.05, 4.69) is 0 Å². The second-order valence-corrected chi connectivity index (χ2v) is 5.91. The average Bonchev–Trinajstić information content (AvgIpc) is 2.97. The molecule has 1 aliphatic heterocycles. The van der Waals surface area contributed by atoms with E-state index in [1.54, 1.807) is 0 Å². The Labute approximate surface area is 120 Å². The molecule has 1 saturated heterocycles. The molecule has 5 nitrogen and oxygen atoms in total. The van der Waals surface area contributed by atoms with Crippen molar-refractivity contribution in [3.8, 4) is 0 Å². The number of carbonyl (C=O) groups excluding carboxylic acids is 1.